The van der Waals surface area contributed by atoms with Crippen molar-refractivity contribution >= 4 is 39.3 Å². The van der Waals surface area contributed by atoms with E-state index >= 15 is 0 Å². The van der Waals surface area contributed by atoms with Crippen LogP contribution in [0.4, 0.5) is 5.82 Å². The van der Waals surface area contributed by atoms with E-state index in [2.05, 4.69) is 26.1 Å². The Morgan fingerprint density at radius 2 is 2.15 bits per heavy atom. The topological polar surface area (TPSA) is 71.9 Å². The molecule has 0 atom stereocenters. The van der Waals surface area contributed by atoms with Gasteiger partial charge in [-0.2, -0.15) is 0 Å². The molecule has 0 radical (unpaired) electrons. The number of hydrogen-bond acceptors (Lipinski definition) is 5. The minimum atomic E-state index is -0.479. The molecular formula is C13H14BrN3O3. The number of oxime groups is 1. The second-order valence-corrected chi connectivity index (χ2v) is 5.32. The van der Waals surface area contributed by atoms with Gasteiger partial charge in [0.2, 0.25) is 5.91 Å². The third kappa shape index (κ3) is 2.87. The maximum absolute atomic E-state index is 11.7. The number of nitrogens with zero attached hydrogens (tertiary/aromatic N) is 3. The first-order valence-corrected chi connectivity index (χ1v) is 6.89. The third-order valence-corrected chi connectivity index (χ3v) is 3.74. The molecule has 0 bridgehead atoms. The summed E-state index contributed by atoms with van der Waals surface area (Å²) in [7, 11) is 0. The number of fused-ring (bicyclic) bond motifs is 1. The van der Waals surface area contributed by atoms with Crippen LogP contribution in [0.3, 0.4) is 0 Å². The molecule has 1 amide bonds. The highest BCUT2D eigenvalue weighted by molar-refractivity contribution is 9.10. The largest absolute Gasteiger partial charge is 0.331 e. The van der Waals surface area contributed by atoms with Crippen molar-refractivity contribution in [3.8, 4) is 0 Å². The second kappa shape index (κ2) is 5.70. The van der Waals surface area contributed by atoms with E-state index in [1.54, 1.807) is 4.90 Å². The molecule has 1 aromatic rings. The van der Waals surface area contributed by atoms with E-state index in [4.69, 9.17) is 4.84 Å². The van der Waals surface area contributed by atoms with E-state index in [0.29, 0.717) is 30.1 Å². The van der Waals surface area contributed by atoms with E-state index in [9.17, 15) is 9.59 Å². The Morgan fingerprint density at radius 3 is 2.75 bits per heavy atom. The summed E-state index contributed by atoms with van der Waals surface area (Å²) in [5, 5.41) is 3.86. The van der Waals surface area contributed by atoms with Crippen LogP contribution < -0.4 is 4.90 Å². The van der Waals surface area contributed by atoms with Crippen molar-refractivity contribution in [2.45, 2.75) is 27.2 Å². The molecule has 0 fully saturated rings. The molecule has 1 aliphatic rings. The fourth-order valence-corrected chi connectivity index (χ4v) is 2.28. The SMILES string of the molecule is CC(=O)O/N=C1\CCN(C(C)=O)c2nc(C)c(Br)cc21. The van der Waals surface area contributed by atoms with E-state index in [1.807, 2.05) is 13.0 Å². The van der Waals surface area contributed by atoms with Crippen molar-refractivity contribution in [2.24, 2.45) is 5.16 Å². The number of aryl methyl sites for hydroxylation is 1. The number of rotatable bonds is 1. The fraction of sp³-hybridized carbons (Fsp3) is 0.385. The van der Waals surface area contributed by atoms with Crippen LogP contribution in [0, 0.1) is 6.92 Å². The van der Waals surface area contributed by atoms with E-state index in [0.717, 1.165) is 10.2 Å². The normalized spacial score (nSPS) is 16.0. The highest BCUT2D eigenvalue weighted by atomic mass is 79.9. The molecule has 20 heavy (non-hydrogen) atoms. The van der Waals surface area contributed by atoms with Gasteiger partial charge < -0.3 is 4.84 Å². The standard InChI is InChI=1S/C13H14BrN3O3/c1-7-11(14)6-10-12(16-20-9(3)19)4-5-17(8(2)18)13(10)15-7/h6H,4-5H2,1-3H3/b16-12+. The number of hydrogen-bond donors (Lipinski definition) is 0. The van der Waals surface area contributed by atoms with Crippen LogP contribution in [0.15, 0.2) is 15.7 Å². The van der Waals surface area contributed by atoms with Crippen molar-refractivity contribution in [2.75, 3.05) is 11.4 Å². The molecule has 0 aromatic carbocycles. The van der Waals surface area contributed by atoms with Gasteiger partial charge in [-0.15, -0.1) is 0 Å². The molecule has 0 spiro atoms. The van der Waals surface area contributed by atoms with Gasteiger partial charge in [-0.05, 0) is 28.9 Å². The predicted octanol–water partition coefficient (Wildman–Crippen LogP) is 2.18. The average Bonchev–Trinajstić information content (AvgIpc) is 2.37. The Balaban J connectivity index is 2.52. The maximum Gasteiger partial charge on any atom is 0.331 e. The van der Waals surface area contributed by atoms with Crippen molar-refractivity contribution < 1.29 is 14.4 Å². The summed E-state index contributed by atoms with van der Waals surface area (Å²) in [4.78, 5) is 33.3. The van der Waals surface area contributed by atoms with Gasteiger partial charge in [-0.3, -0.25) is 9.69 Å². The Hall–Kier alpha value is -1.76. The molecule has 0 saturated carbocycles. The Bertz CT molecular complexity index is 613. The van der Waals surface area contributed by atoms with Crippen LogP contribution in [0.5, 0.6) is 0 Å². The van der Waals surface area contributed by atoms with Gasteiger partial charge in [0.05, 0.1) is 11.4 Å². The van der Waals surface area contributed by atoms with Crippen molar-refractivity contribution in [3.63, 3.8) is 0 Å². The number of halogens is 1. The molecule has 106 valence electrons. The van der Waals surface area contributed by atoms with E-state index in [1.165, 1.54) is 13.8 Å². The molecule has 1 aliphatic heterocycles. The van der Waals surface area contributed by atoms with Gasteiger partial charge in [0.1, 0.15) is 5.82 Å². The highest BCUT2D eigenvalue weighted by Gasteiger charge is 2.27. The van der Waals surface area contributed by atoms with Gasteiger partial charge in [-0.25, -0.2) is 9.78 Å². The quantitative estimate of drug-likeness (QED) is 0.580. The zero-order valence-corrected chi connectivity index (χ0v) is 13.0. The second-order valence-electron chi connectivity index (χ2n) is 4.47. The van der Waals surface area contributed by atoms with Crippen LogP contribution in [0.2, 0.25) is 0 Å². The summed E-state index contributed by atoms with van der Waals surface area (Å²) >= 11 is 3.41. The molecule has 1 aromatic heterocycles. The number of aromatic nitrogens is 1. The van der Waals surface area contributed by atoms with Gasteiger partial charge in [0, 0.05) is 36.8 Å². The van der Waals surface area contributed by atoms with Gasteiger partial charge in [0.25, 0.3) is 0 Å². The predicted molar refractivity (Wildman–Crippen MR) is 77.6 cm³/mol. The third-order valence-electron chi connectivity index (χ3n) is 2.93. The summed E-state index contributed by atoms with van der Waals surface area (Å²) in [6.45, 7) is 5.10. The van der Waals surface area contributed by atoms with Crippen molar-refractivity contribution in [1.29, 1.82) is 0 Å². The molecule has 2 rings (SSSR count). The summed E-state index contributed by atoms with van der Waals surface area (Å²) in [6, 6.07) is 1.84. The first-order valence-electron chi connectivity index (χ1n) is 6.10. The molecular weight excluding hydrogens is 326 g/mol. The molecule has 0 unspecified atom stereocenters. The van der Waals surface area contributed by atoms with Crippen molar-refractivity contribution in [1.82, 2.24) is 4.98 Å². The lowest BCUT2D eigenvalue weighted by atomic mass is 10.0. The zero-order chi connectivity index (χ0) is 14.9. The monoisotopic (exact) mass is 339 g/mol. The molecule has 0 saturated heterocycles. The van der Waals surface area contributed by atoms with Crippen LogP contribution in [-0.4, -0.2) is 29.1 Å². The lowest BCUT2D eigenvalue weighted by Crippen LogP contribution is -2.37. The van der Waals surface area contributed by atoms with Gasteiger partial charge in [-0.1, -0.05) is 5.16 Å². The maximum atomic E-state index is 11.7. The van der Waals surface area contributed by atoms with Gasteiger partial charge in [0.15, 0.2) is 0 Å². The summed E-state index contributed by atoms with van der Waals surface area (Å²) in [6.07, 6.45) is 0.511. The van der Waals surface area contributed by atoms with Crippen LogP contribution >= 0.6 is 15.9 Å². The molecule has 0 aliphatic carbocycles. The van der Waals surface area contributed by atoms with E-state index in [-0.39, 0.29) is 5.91 Å². The summed E-state index contributed by atoms with van der Waals surface area (Å²) in [5.41, 5.74) is 2.09. The summed E-state index contributed by atoms with van der Waals surface area (Å²) < 4.78 is 0.817. The lowest BCUT2D eigenvalue weighted by molar-refractivity contribution is -0.141. The number of carbonyl (C=O) groups excluding carboxylic acids is 2. The Kier molecular flexibility index (Phi) is 4.17. The smallest absolute Gasteiger partial charge is 0.318 e. The first-order chi connectivity index (χ1) is 9.40. The van der Waals surface area contributed by atoms with Crippen molar-refractivity contribution in [3.05, 3.63) is 21.8 Å². The zero-order valence-electron chi connectivity index (χ0n) is 11.4. The average molecular weight is 340 g/mol. The minimum Gasteiger partial charge on any atom is -0.318 e. The number of amides is 1. The minimum absolute atomic E-state index is 0.0768. The highest BCUT2D eigenvalue weighted by Crippen LogP contribution is 2.30. The number of anilines is 1. The van der Waals surface area contributed by atoms with Gasteiger partial charge >= 0.3 is 5.97 Å². The summed E-state index contributed by atoms with van der Waals surface area (Å²) in [5.74, 6) is -0.00505. The van der Waals surface area contributed by atoms with E-state index < -0.39 is 5.97 Å². The molecule has 0 N–H and O–H groups in total. The number of pyridine rings is 1. The Labute approximate surface area is 124 Å². The molecule has 7 heteroatoms. The lowest BCUT2D eigenvalue weighted by Gasteiger charge is -2.28. The molecule has 2 heterocycles. The first kappa shape index (κ1) is 14.6. The van der Waals surface area contributed by atoms with Crippen LogP contribution in [0.25, 0.3) is 0 Å². The Morgan fingerprint density at radius 1 is 1.45 bits per heavy atom. The van der Waals surface area contributed by atoms with Crippen LogP contribution in [0.1, 0.15) is 31.5 Å². The fourth-order valence-electron chi connectivity index (χ4n) is 1.97. The molecule has 6 nitrogen and oxygen atoms in total. The number of carbonyl (C=O) groups is 2. The van der Waals surface area contributed by atoms with Crippen LogP contribution in [-0.2, 0) is 14.4 Å².